The van der Waals surface area contributed by atoms with Crippen molar-refractivity contribution in [2.45, 2.75) is 13.5 Å². The monoisotopic (exact) mass is 245 g/mol. The fraction of sp³-hybridized carbons (Fsp3) is 0.167. The number of nitrogens with zero attached hydrogens (tertiary/aromatic N) is 2. The van der Waals surface area contributed by atoms with Crippen molar-refractivity contribution < 1.29 is 4.52 Å². The summed E-state index contributed by atoms with van der Waals surface area (Å²) >= 11 is 1.71. The Labute approximate surface area is 102 Å². The molecule has 3 rings (SSSR count). The van der Waals surface area contributed by atoms with Crippen LogP contribution in [-0.4, -0.2) is 10.1 Å². The summed E-state index contributed by atoms with van der Waals surface area (Å²) in [6, 6.07) is 6.01. The maximum absolute atomic E-state index is 5.14. The largest absolute Gasteiger partial charge is 0.362 e. The highest BCUT2D eigenvalue weighted by atomic mass is 32.1. The molecule has 0 amide bonds. The van der Waals surface area contributed by atoms with Crippen LogP contribution in [-0.2, 0) is 6.54 Å². The standard InChI is InChI=1S/C12H11N3OS/c1-8-6-9(16-15-8)7-14-12-10-3-5-17-11(10)2-4-13-12/h2-6H,7H2,1H3,(H,13,14). The first-order valence-electron chi connectivity index (χ1n) is 5.31. The number of thiophene rings is 1. The number of fused-ring (bicyclic) bond motifs is 1. The van der Waals surface area contributed by atoms with Crippen LogP contribution in [0.15, 0.2) is 34.3 Å². The van der Waals surface area contributed by atoms with Gasteiger partial charge in [-0.3, -0.25) is 0 Å². The van der Waals surface area contributed by atoms with Crippen LogP contribution in [0.2, 0.25) is 0 Å². The van der Waals surface area contributed by atoms with Crippen molar-refractivity contribution in [3.8, 4) is 0 Å². The molecule has 0 unspecified atom stereocenters. The molecular weight excluding hydrogens is 234 g/mol. The Morgan fingerprint density at radius 2 is 2.35 bits per heavy atom. The third-order valence-electron chi connectivity index (χ3n) is 2.49. The van der Waals surface area contributed by atoms with E-state index < -0.39 is 0 Å². The lowest BCUT2D eigenvalue weighted by Gasteiger charge is -2.03. The fourth-order valence-corrected chi connectivity index (χ4v) is 2.49. The summed E-state index contributed by atoms with van der Waals surface area (Å²) in [6.45, 7) is 2.51. The SMILES string of the molecule is Cc1cc(CNc2nccc3sccc23)on1. The molecule has 0 saturated heterocycles. The molecular formula is C12H11N3OS. The zero-order valence-corrected chi connectivity index (χ0v) is 10.1. The van der Waals surface area contributed by atoms with Crippen LogP contribution in [0.1, 0.15) is 11.5 Å². The van der Waals surface area contributed by atoms with Gasteiger partial charge in [-0.05, 0) is 24.4 Å². The average molecular weight is 245 g/mol. The van der Waals surface area contributed by atoms with Crippen LogP contribution in [0.3, 0.4) is 0 Å². The van der Waals surface area contributed by atoms with Crippen molar-refractivity contribution in [2.75, 3.05) is 5.32 Å². The quantitative estimate of drug-likeness (QED) is 0.769. The lowest BCUT2D eigenvalue weighted by atomic mass is 10.3. The molecule has 0 aromatic carbocycles. The topological polar surface area (TPSA) is 51.0 Å². The molecule has 0 fully saturated rings. The van der Waals surface area contributed by atoms with Gasteiger partial charge in [0.25, 0.3) is 0 Å². The van der Waals surface area contributed by atoms with Gasteiger partial charge in [-0.15, -0.1) is 11.3 Å². The Balaban J connectivity index is 1.83. The molecule has 17 heavy (non-hydrogen) atoms. The normalized spacial score (nSPS) is 10.9. The molecule has 0 bridgehead atoms. The smallest absolute Gasteiger partial charge is 0.156 e. The number of nitrogens with one attached hydrogen (secondary N) is 1. The minimum absolute atomic E-state index is 0.600. The Hall–Kier alpha value is -1.88. The highest BCUT2D eigenvalue weighted by Gasteiger charge is 2.05. The zero-order valence-electron chi connectivity index (χ0n) is 9.30. The third-order valence-corrected chi connectivity index (χ3v) is 3.37. The zero-order chi connectivity index (χ0) is 11.7. The second-order valence-corrected chi connectivity index (χ2v) is 4.73. The van der Waals surface area contributed by atoms with E-state index in [0.29, 0.717) is 6.54 Å². The highest BCUT2D eigenvalue weighted by molar-refractivity contribution is 7.17. The lowest BCUT2D eigenvalue weighted by Crippen LogP contribution is -2.00. The molecule has 1 N–H and O–H groups in total. The summed E-state index contributed by atoms with van der Waals surface area (Å²) in [5, 5.41) is 10.3. The molecule has 3 aromatic heterocycles. The van der Waals surface area contributed by atoms with E-state index in [1.807, 2.05) is 25.3 Å². The van der Waals surface area contributed by atoms with Gasteiger partial charge in [0.05, 0.1) is 12.2 Å². The molecule has 4 nitrogen and oxygen atoms in total. The van der Waals surface area contributed by atoms with E-state index in [0.717, 1.165) is 22.7 Å². The summed E-state index contributed by atoms with van der Waals surface area (Å²) in [4.78, 5) is 4.33. The molecule has 0 aliphatic carbocycles. The van der Waals surface area contributed by atoms with E-state index in [-0.39, 0.29) is 0 Å². The molecule has 5 heteroatoms. The number of aryl methyl sites for hydroxylation is 1. The van der Waals surface area contributed by atoms with Gasteiger partial charge in [0.1, 0.15) is 5.82 Å². The van der Waals surface area contributed by atoms with Crippen LogP contribution in [0.25, 0.3) is 10.1 Å². The Morgan fingerprint density at radius 1 is 1.41 bits per heavy atom. The molecule has 3 heterocycles. The second-order valence-electron chi connectivity index (χ2n) is 3.78. The first kappa shape index (κ1) is 10.3. The van der Waals surface area contributed by atoms with Crippen molar-refractivity contribution in [3.63, 3.8) is 0 Å². The second kappa shape index (κ2) is 4.18. The minimum atomic E-state index is 0.600. The van der Waals surface area contributed by atoms with Crippen LogP contribution in [0.5, 0.6) is 0 Å². The van der Waals surface area contributed by atoms with E-state index in [1.54, 1.807) is 11.3 Å². The summed E-state index contributed by atoms with van der Waals surface area (Å²) in [5.41, 5.74) is 0.892. The highest BCUT2D eigenvalue weighted by Crippen LogP contribution is 2.25. The van der Waals surface area contributed by atoms with Crippen LogP contribution in [0, 0.1) is 6.92 Å². The average Bonchev–Trinajstić information content (AvgIpc) is 2.94. The van der Waals surface area contributed by atoms with Gasteiger partial charge in [0.15, 0.2) is 5.76 Å². The van der Waals surface area contributed by atoms with Crippen LogP contribution < -0.4 is 5.32 Å². The van der Waals surface area contributed by atoms with E-state index in [1.165, 1.54) is 4.70 Å². The Kier molecular flexibility index (Phi) is 2.53. The summed E-state index contributed by atoms with van der Waals surface area (Å²) < 4.78 is 6.37. The van der Waals surface area contributed by atoms with E-state index >= 15 is 0 Å². The molecule has 0 atom stereocenters. The van der Waals surface area contributed by atoms with Crippen molar-refractivity contribution in [1.29, 1.82) is 0 Å². The molecule has 86 valence electrons. The van der Waals surface area contributed by atoms with Gasteiger partial charge >= 0.3 is 0 Å². The van der Waals surface area contributed by atoms with Crippen LogP contribution >= 0.6 is 11.3 Å². The summed E-state index contributed by atoms with van der Waals surface area (Å²) in [5.74, 6) is 1.70. The fourth-order valence-electron chi connectivity index (χ4n) is 1.71. The minimum Gasteiger partial charge on any atom is -0.362 e. The van der Waals surface area contributed by atoms with Gasteiger partial charge in [0, 0.05) is 22.3 Å². The van der Waals surface area contributed by atoms with Gasteiger partial charge < -0.3 is 9.84 Å². The van der Waals surface area contributed by atoms with Crippen molar-refractivity contribution >= 4 is 27.2 Å². The molecule has 3 aromatic rings. The van der Waals surface area contributed by atoms with E-state index in [2.05, 4.69) is 26.9 Å². The van der Waals surface area contributed by atoms with E-state index in [4.69, 9.17) is 4.52 Å². The van der Waals surface area contributed by atoms with Crippen molar-refractivity contribution in [2.24, 2.45) is 0 Å². The van der Waals surface area contributed by atoms with Crippen molar-refractivity contribution in [1.82, 2.24) is 10.1 Å². The number of aromatic nitrogens is 2. The summed E-state index contributed by atoms with van der Waals surface area (Å²) in [7, 11) is 0. The number of rotatable bonds is 3. The lowest BCUT2D eigenvalue weighted by molar-refractivity contribution is 0.384. The number of hydrogen-bond acceptors (Lipinski definition) is 5. The predicted octanol–water partition coefficient (Wildman–Crippen LogP) is 3.20. The summed E-state index contributed by atoms with van der Waals surface area (Å²) in [6.07, 6.45) is 1.81. The number of hydrogen-bond donors (Lipinski definition) is 1. The van der Waals surface area contributed by atoms with Crippen molar-refractivity contribution in [3.05, 3.63) is 41.2 Å². The first-order chi connectivity index (χ1) is 8.33. The maximum Gasteiger partial charge on any atom is 0.156 e. The van der Waals surface area contributed by atoms with E-state index in [9.17, 15) is 0 Å². The number of pyridine rings is 1. The molecule has 0 aliphatic rings. The number of anilines is 1. The molecule has 0 saturated carbocycles. The van der Waals surface area contributed by atoms with Gasteiger partial charge in [0.2, 0.25) is 0 Å². The molecule has 0 spiro atoms. The van der Waals surface area contributed by atoms with Gasteiger partial charge in [-0.2, -0.15) is 0 Å². The predicted molar refractivity (Wildman–Crippen MR) is 68.2 cm³/mol. The Morgan fingerprint density at radius 3 is 3.18 bits per heavy atom. The maximum atomic E-state index is 5.14. The Bertz CT molecular complexity index is 644. The third kappa shape index (κ3) is 2.01. The molecule has 0 aliphatic heterocycles. The first-order valence-corrected chi connectivity index (χ1v) is 6.19. The van der Waals surface area contributed by atoms with Crippen LogP contribution in [0.4, 0.5) is 5.82 Å². The van der Waals surface area contributed by atoms with Gasteiger partial charge in [-0.1, -0.05) is 5.16 Å². The van der Waals surface area contributed by atoms with Gasteiger partial charge in [-0.25, -0.2) is 4.98 Å². The molecule has 0 radical (unpaired) electrons.